The molecule has 0 radical (unpaired) electrons. The second kappa shape index (κ2) is 4.09. The van der Waals surface area contributed by atoms with Crippen LogP contribution in [0.1, 0.15) is 38.6 Å². The molecule has 0 aromatic carbocycles. The molecule has 1 heterocycles. The minimum atomic E-state index is -0.0737. The van der Waals surface area contributed by atoms with E-state index in [1.807, 2.05) is 6.20 Å². The number of anilines is 1. The summed E-state index contributed by atoms with van der Waals surface area (Å²) in [5.74, 6) is 0.845. The Hall–Kier alpha value is -1.25. The summed E-state index contributed by atoms with van der Waals surface area (Å²) in [6.07, 6.45) is 8.59. The van der Waals surface area contributed by atoms with Crippen molar-refractivity contribution in [1.82, 2.24) is 4.57 Å². The smallest absolute Gasteiger partial charge is 0.204 e. The van der Waals surface area contributed by atoms with Gasteiger partial charge in [-0.25, -0.2) is 0 Å². The van der Waals surface area contributed by atoms with Crippen molar-refractivity contribution in [1.29, 1.82) is 0 Å². The van der Waals surface area contributed by atoms with Gasteiger partial charge in [0.25, 0.3) is 0 Å². The van der Waals surface area contributed by atoms with Crippen molar-refractivity contribution >= 4 is 5.69 Å². The molecule has 0 saturated heterocycles. The average Bonchev–Trinajstić information content (AvgIpc) is 2.23. The quantitative estimate of drug-likeness (QED) is 0.765. The number of rotatable bonds is 1. The zero-order valence-corrected chi connectivity index (χ0v) is 9.15. The van der Waals surface area contributed by atoms with E-state index in [1.54, 1.807) is 12.3 Å². The largest absolute Gasteiger partial charge is 0.394 e. The fraction of sp³-hybridized carbons (Fsp3) is 0.583. The van der Waals surface area contributed by atoms with Crippen LogP contribution in [0, 0.1) is 5.92 Å². The van der Waals surface area contributed by atoms with Gasteiger partial charge < -0.3 is 10.3 Å². The van der Waals surface area contributed by atoms with Crippen molar-refractivity contribution in [2.45, 2.75) is 38.6 Å². The van der Waals surface area contributed by atoms with Gasteiger partial charge in [-0.05, 0) is 31.6 Å². The lowest BCUT2D eigenvalue weighted by molar-refractivity contribution is 0.289. The first-order valence-corrected chi connectivity index (χ1v) is 5.64. The van der Waals surface area contributed by atoms with Gasteiger partial charge in [0.15, 0.2) is 0 Å². The first-order valence-electron chi connectivity index (χ1n) is 5.64. The zero-order chi connectivity index (χ0) is 10.8. The number of aromatic nitrogens is 1. The Bertz CT molecular complexity index is 389. The fourth-order valence-corrected chi connectivity index (χ4v) is 2.28. The van der Waals surface area contributed by atoms with Crippen molar-refractivity contribution < 1.29 is 0 Å². The maximum Gasteiger partial charge on any atom is 0.204 e. The molecule has 1 fully saturated rings. The van der Waals surface area contributed by atoms with Crippen LogP contribution in [0.2, 0.25) is 0 Å². The lowest BCUT2D eigenvalue weighted by Gasteiger charge is -2.28. The highest BCUT2D eigenvalue weighted by molar-refractivity contribution is 5.33. The van der Waals surface area contributed by atoms with E-state index in [-0.39, 0.29) is 5.43 Å². The molecule has 0 unspecified atom stereocenters. The Morgan fingerprint density at radius 2 is 2.00 bits per heavy atom. The number of nitrogens with two attached hydrogens (primary N) is 1. The summed E-state index contributed by atoms with van der Waals surface area (Å²) in [6.45, 7) is 2.30. The van der Waals surface area contributed by atoms with Crippen LogP contribution in [-0.4, -0.2) is 4.57 Å². The summed E-state index contributed by atoms with van der Waals surface area (Å²) >= 11 is 0. The maximum absolute atomic E-state index is 11.2. The van der Waals surface area contributed by atoms with E-state index in [9.17, 15) is 4.79 Å². The SMILES string of the molecule is CC1CCC(n2ccc(=O)c(N)c2)CC1. The van der Waals surface area contributed by atoms with Gasteiger partial charge >= 0.3 is 0 Å². The molecule has 0 spiro atoms. The topological polar surface area (TPSA) is 48.0 Å². The Kier molecular flexibility index (Phi) is 2.80. The minimum absolute atomic E-state index is 0.0737. The molecule has 1 aromatic heterocycles. The molecule has 1 aliphatic rings. The first kappa shape index (κ1) is 10.3. The summed E-state index contributed by atoms with van der Waals surface area (Å²) in [7, 11) is 0. The van der Waals surface area contributed by atoms with Crippen LogP contribution in [0.5, 0.6) is 0 Å². The second-order valence-corrected chi connectivity index (χ2v) is 4.63. The van der Waals surface area contributed by atoms with E-state index in [2.05, 4.69) is 11.5 Å². The molecule has 1 aromatic rings. The molecule has 3 heteroatoms. The summed E-state index contributed by atoms with van der Waals surface area (Å²) in [6, 6.07) is 2.09. The molecule has 3 nitrogen and oxygen atoms in total. The lowest BCUT2D eigenvalue weighted by Crippen LogP contribution is -2.19. The van der Waals surface area contributed by atoms with Gasteiger partial charge in [-0.2, -0.15) is 0 Å². The summed E-state index contributed by atoms with van der Waals surface area (Å²) in [5.41, 5.74) is 5.91. The van der Waals surface area contributed by atoms with Crippen LogP contribution < -0.4 is 11.2 Å². The van der Waals surface area contributed by atoms with Crippen LogP contribution >= 0.6 is 0 Å². The van der Waals surface area contributed by atoms with Crippen LogP contribution in [0.15, 0.2) is 23.3 Å². The highest BCUT2D eigenvalue weighted by Gasteiger charge is 2.18. The molecule has 1 aliphatic carbocycles. The van der Waals surface area contributed by atoms with E-state index >= 15 is 0 Å². The van der Waals surface area contributed by atoms with Gasteiger partial charge in [0.05, 0.1) is 5.69 Å². The average molecular weight is 206 g/mol. The predicted molar refractivity (Wildman–Crippen MR) is 61.8 cm³/mol. The van der Waals surface area contributed by atoms with Crippen molar-refractivity contribution in [3.8, 4) is 0 Å². The molecule has 2 rings (SSSR count). The molecule has 0 atom stereocenters. The summed E-state index contributed by atoms with van der Waals surface area (Å²) in [4.78, 5) is 11.2. The van der Waals surface area contributed by atoms with Crippen LogP contribution in [0.25, 0.3) is 0 Å². The molecular formula is C12H18N2O. The summed E-state index contributed by atoms with van der Waals surface area (Å²) < 4.78 is 2.10. The maximum atomic E-state index is 11.2. The van der Waals surface area contributed by atoms with Gasteiger partial charge in [-0.15, -0.1) is 0 Å². The van der Waals surface area contributed by atoms with Gasteiger partial charge in [0, 0.05) is 24.5 Å². The zero-order valence-electron chi connectivity index (χ0n) is 9.15. The van der Waals surface area contributed by atoms with Crippen molar-refractivity contribution in [3.05, 3.63) is 28.7 Å². The van der Waals surface area contributed by atoms with Crippen LogP contribution in [-0.2, 0) is 0 Å². The number of nitrogen functional groups attached to an aromatic ring is 1. The third-order valence-corrected chi connectivity index (χ3v) is 3.38. The molecule has 0 amide bonds. The molecule has 2 N–H and O–H groups in total. The van der Waals surface area contributed by atoms with E-state index < -0.39 is 0 Å². The standard InChI is InChI=1S/C12H18N2O/c1-9-2-4-10(5-3-9)14-7-6-12(15)11(13)8-14/h6-10H,2-5,13H2,1H3. The van der Waals surface area contributed by atoms with Crippen molar-refractivity contribution in [3.63, 3.8) is 0 Å². The highest BCUT2D eigenvalue weighted by Crippen LogP contribution is 2.31. The second-order valence-electron chi connectivity index (χ2n) is 4.63. The highest BCUT2D eigenvalue weighted by atomic mass is 16.1. The fourth-order valence-electron chi connectivity index (χ4n) is 2.28. The monoisotopic (exact) mass is 206 g/mol. The minimum Gasteiger partial charge on any atom is -0.394 e. The Morgan fingerprint density at radius 3 is 2.60 bits per heavy atom. The number of hydrogen-bond donors (Lipinski definition) is 1. The molecule has 82 valence electrons. The van der Waals surface area contributed by atoms with Crippen molar-refractivity contribution in [2.75, 3.05) is 5.73 Å². The number of nitrogens with zero attached hydrogens (tertiary/aromatic N) is 1. The Morgan fingerprint density at radius 1 is 1.33 bits per heavy atom. The summed E-state index contributed by atoms with van der Waals surface area (Å²) in [5, 5.41) is 0. The van der Waals surface area contributed by atoms with E-state index in [0.717, 1.165) is 5.92 Å². The van der Waals surface area contributed by atoms with E-state index in [0.29, 0.717) is 11.7 Å². The van der Waals surface area contributed by atoms with Crippen molar-refractivity contribution in [2.24, 2.45) is 5.92 Å². The number of hydrogen-bond acceptors (Lipinski definition) is 2. The molecule has 0 aliphatic heterocycles. The third-order valence-electron chi connectivity index (χ3n) is 3.38. The van der Waals surface area contributed by atoms with Crippen LogP contribution in [0.3, 0.4) is 0 Å². The van der Waals surface area contributed by atoms with Crippen LogP contribution in [0.4, 0.5) is 5.69 Å². The molecule has 0 bridgehead atoms. The normalized spacial score (nSPS) is 26.5. The van der Waals surface area contributed by atoms with Gasteiger partial charge in [0.1, 0.15) is 0 Å². The molecule has 15 heavy (non-hydrogen) atoms. The first-order chi connectivity index (χ1) is 7.16. The molecular weight excluding hydrogens is 188 g/mol. The number of pyridine rings is 1. The van der Waals surface area contributed by atoms with Gasteiger partial charge in [0.2, 0.25) is 5.43 Å². The van der Waals surface area contributed by atoms with E-state index in [1.165, 1.54) is 25.7 Å². The van der Waals surface area contributed by atoms with Gasteiger partial charge in [-0.1, -0.05) is 6.92 Å². The van der Waals surface area contributed by atoms with Gasteiger partial charge in [-0.3, -0.25) is 4.79 Å². The Labute approximate surface area is 89.9 Å². The third kappa shape index (κ3) is 2.22. The lowest BCUT2D eigenvalue weighted by atomic mass is 9.87. The van der Waals surface area contributed by atoms with E-state index in [4.69, 9.17) is 5.73 Å². The Balaban J connectivity index is 2.16. The molecule has 1 saturated carbocycles. The predicted octanol–water partition coefficient (Wildman–Crippen LogP) is 2.18.